The Morgan fingerprint density at radius 1 is 1.50 bits per heavy atom. The van der Waals surface area contributed by atoms with Crippen LogP contribution in [0.25, 0.3) is 0 Å². The van der Waals surface area contributed by atoms with E-state index in [2.05, 4.69) is 24.1 Å². The summed E-state index contributed by atoms with van der Waals surface area (Å²) < 4.78 is 0. The average Bonchev–Trinajstić information content (AvgIpc) is 2.45. The van der Waals surface area contributed by atoms with E-state index < -0.39 is 6.04 Å². The number of anilines is 1. The van der Waals surface area contributed by atoms with E-state index in [0.29, 0.717) is 5.92 Å². The fourth-order valence-electron chi connectivity index (χ4n) is 1.32. The predicted molar refractivity (Wildman–Crippen MR) is 67.7 cm³/mol. The molecular weight excluding hydrogens is 222 g/mol. The third kappa shape index (κ3) is 3.57. The first-order chi connectivity index (χ1) is 7.40. The third-order valence-electron chi connectivity index (χ3n) is 2.06. The molecule has 0 fully saturated rings. The lowest BCUT2D eigenvalue weighted by Crippen LogP contribution is -2.32. The SMILES string of the molecule is Cc1nc(CC(C)C)c(NC(=O)[C@@H](C)N)s1. The summed E-state index contributed by atoms with van der Waals surface area (Å²) in [5, 5.41) is 4.64. The van der Waals surface area contributed by atoms with Gasteiger partial charge in [0.15, 0.2) is 0 Å². The Morgan fingerprint density at radius 2 is 2.12 bits per heavy atom. The molecule has 0 spiro atoms. The summed E-state index contributed by atoms with van der Waals surface area (Å²) >= 11 is 1.50. The highest BCUT2D eigenvalue weighted by Gasteiger charge is 2.15. The molecule has 1 atom stereocenters. The topological polar surface area (TPSA) is 68.0 Å². The van der Waals surface area contributed by atoms with Gasteiger partial charge < -0.3 is 11.1 Å². The monoisotopic (exact) mass is 241 g/mol. The largest absolute Gasteiger partial charge is 0.320 e. The number of hydrogen-bond donors (Lipinski definition) is 2. The van der Waals surface area contributed by atoms with Gasteiger partial charge in [0.1, 0.15) is 5.00 Å². The summed E-state index contributed by atoms with van der Waals surface area (Å²) in [6.45, 7) is 7.87. The number of hydrogen-bond acceptors (Lipinski definition) is 4. The van der Waals surface area contributed by atoms with Gasteiger partial charge in [0, 0.05) is 0 Å². The normalized spacial score (nSPS) is 12.9. The molecule has 1 aromatic heterocycles. The standard InChI is InChI=1S/C11H19N3OS/c1-6(2)5-9-11(16-8(4)13-9)14-10(15)7(3)12/h6-7H,5,12H2,1-4H3,(H,14,15)/t7-/m1/s1. The predicted octanol–water partition coefficient (Wildman–Crippen LogP) is 1.94. The Bertz CT molecular complexity index is 371. The van der Waals surface area contributed by atoms with E-state index in [9.17, 15) is 4.79 Å². The van der Waals surface area contributed by atoms with Crippen molar-refractivity contribution in [1.29, 1.82) is 0 Å². The highest BCUT2D eigenvalue weighted by atomic mass is 32.1. The highest BCUT2D eigenvalue weighted by molar-refractivity contribution is 7.16. The summed E-state index contributed by atoms with van der Waals surface area (Å²) in [4.78, 5) is 15.9. The summed E-state index contributed by atoms with van der Waals surface area (Å²) in [7, 11) is 0. The van der Waals surface area contributed by atoms with Gasteiger partial charge in [-0.3, -0.25) is 4.79 Å². The van der Waals surface area contributed by atoms with Gasteiger partial charge in [-0.05, 0) is 26.2 Å². The molecule has 3 N–H and O–H groups in total. The minimum absolute atomic E-state index is 0.159. The van der Waals surface area contributed by atoms with E-state index in [1.54, 1.807) is 6.92 Å². The Labute approximate surface area is 100 Å². The summed E-state index contributed by atoms with van der Waals surface area (Å²) in [6, 6.07) is -0.491. The Morgan fingerprint density at radius 3 is 2.62 bits per heavy atom. The third-order valence-corrected chi connectivity index (χ3v) is 2.98. The van der Waals surface area contributed by atoms with Crippen molar-refractivity contribution in [2.24, 2.45) is 11.7 Å². The molecule has 5 heteroatoms. The van der Waals surface area contributed by atoms with E-state index in [0.717, 1.165) is 22.1 Å². The number of thiazole rings is 1. The maximum atomic E-state index is 11.5. The van der Waals surface area contributed by atoms with Gasteiger partial charge in [0.2, 0.25) is 5.91 Å². The molecule has 0 aliphatic rings. The number of carbonyl (C=O) groups excluding carboxylic acids is 1. The van der Waals surface area contributed by atoms with E-state index in [-0.39, 0.29) is 5.91 Å². The molecule has 1 amide bonds. The van der Waals surface area contributed by atoms with E-state index >= 15 is 0 Å². The summed E-state index contributed by atoms with van der Waals surface area (Å²) in [5.41, 5.74) is 6.48. The van der Waals surface area contributed by atoms with Gasteiger partial charge >= 0.3 is 0 Å². The average molecular weight is 241 g/mol. The summed E-state index contributed by atoms with van der Waals surface area (Å²) in [6.07, 6.45) is 0.874. The van der Waals surface area contributed by atoms with Gasteiger partial charge in [-0.15, -0.1) is 11.3 Å². The molecule has 0 aliphatic heterocycles. The second-order valence-corrected chi connectivity index (χ2v) is 5.59. The van der Waals surface area contributed by atoms with Crippen LogP contribution in [0.15, 0.2) is 0 Å². The minimum atomic E-state index is -0.491. The molecule has 4 nitrogen and oxygen atoms in total. The van der Waals surface area contributed by atoms with Crippen LogP contribution >= 0.6 is 11.3 Å². The van der Waals surface area contributed by atoms with Gasteiger partial charge in [-0.2, -0.15) is 0 Å². The van der Waals surface area contributed by atoms with Crippen molar-refractivity contribution in [3.05, 3.63) is 10.7 Å². The van der Waals surface area contributed by atoms with Crippen molar-refractivity contribution >= 4 is 22.2 Å². The maximum Gasteiger partial charge on any atom is 0.241 e. The molecule has 0 unspecified atom stereocenters. The second-order valence-electron chi connectivity index (χ2n) is 4.38. The quantitative estimate of drug-likeness (QED) is 0.846. The smallest absolute Gasteiger partial charge is 0.241 e. The van der Waals surface area contributed by atoms with Crippen LogP contribution in [0.1, 0.15) is 31.5 Å². The Balaban J connectivity index is 2.82. The zero-order valence-corrected chi connectivity index (χ0v) is 11.0. The van der Waals surface area contributed by atoms with Crippen LogP contribution in [-0.2, 0) is 11.2 Å². The molecule has 90 valence electrons. The lowest BCUT2D eigenvalue weighted by atomic mass is 10.1. The lowest BCUT2D eigenvalue weighted by Gasteiger charge is -2.08. The van der Waals surface area contributed by atoms with Crippen LogP contribution < -0.4 is 11.1 Å². The molecule has 1 rings (SSSR count). The second kappa shape index (κ2) is 5.41. The molecule has 1 aromatic rings. The van der Waals surface area contributed by atoms with Crippen LogP contribution in [0, 0.1) is 12.8 Å². The van der Waals surface area contributed by atoms with Gasteiger partial charge in [-0.25, -0.2) is 4.98 Å². The number of nitrogens with two attached hydrogens (primary N) is 1. The van der Waals surface area contributed by atoms with Gasteiger partial charge in [-0.1, -0.05) is 13.8 Å². The molecular formula is C11H19N3OS. The van der Waals surface area contributed by atoms with Crippen LogP contribution in [-0.4, -0.2) is 16.9 Å². The Kier molecular flexibility index (Phi) is 4.44. The molecule has 16 heavy (non-hydrogen) atoms. The fourth-order valence-corrected chi connectivity index (χ4v) is 2.17. The zero-order chi connectivity index (χ0) is 12.3. The number of nitrogens with zero attached hydrogens (tertiary/aromatic N) is 1. The number of nitrogens with one attached hydrogen (secondary N) is 1. The van der Waals surface area contributed by atoms with Crippen molar-refractivity contribution in [3.63, 3.8) is 0 Å². The fraction of sp³-hybridized carbons (Fsp3) is 0.636. The molecule has 0 aromatic carbocycles. The molecule has 0 aliphatic carbocycles. The number of rotatable bonds is 4. The van der Waals surface area contributed by atoms with E-state index in [4.69, 9.17) is 5.73 Å². The zero-order valence-electron chi connectivity index (χ0n) is 10.2. The molecule has 0 saturated carbocycles. The maximum absolute atomic E-state index is 11.5. The number of aryl methyl sites for hydroxylation is 1. The van der Waals surface area contributed by atoms with Crippen LogP contribution in [0.5, 0.6) is 0 Å². The van der Waals surface area contributed by atoms with Crippen LogP contribution in [0.2, 0.25) is 0 Å². The molecule has 0 bridgehead atoms. The van der Waals surface area contributed by atoms with E-state index in [1.165, 1.54) is 11.3 Å². The van der Waals surface area contributed by atoms with Gasteiger partial charge in [0.25, 0.3) is 0 Å². The Hall–Kier alpha value is -0.940. The number of amides is 1. The highest BCUT2D eigenvalue weighted by Crippen LogP contribution is 2.26. The van der Waals surface area contributed by atoms with Crippen LogP contribution in [0.3, 0.4) is 0 Å². The molecule has 0 radical (unpaired) electrons. The van der Waals surface area contributed by atoms with Crippen LogP contribution in [0.4, 0.5) is 5.00 Å². The molecule has 1 heterocycles. The first kappa shape index (κ1) is 13.1. The minimum Gasteiger partial charge on any atom is -0.320 e. The van der Waals surface area contributed by atoms with Crippen molar-refractivity contribution in [1.82, 2.24) is 4.98 Å². The number of carbonyl (C=O) groups is 1. The van der Waals surface area contributed by atoms with E-state index in [1.807, 2.05) is 6.92 Å². The summed E-state index contributed by atoms with van der Waals surface area (Å²) in [5.74, 6) is 0.362. The molecule has 0 saturated heterocycles. The number of aromatic nitrogens is 1. The van der Waals surface area contributed by atoms with Crippen molar-refractivity contribution in [2.75, 3.05) is 5.32 Å². The first-order valence-corrected chi connectivity index (χ1v) is 6.24. The first-order valence-electron chi connectivity index (χ1n) is 5.43. The lowest BCUT2D eigenvalue weighted by molar-refractivity contribution is -0.117. The van der Waals surface area contributed by atoms with Crippen molar-refractivity contribution < 1.29 is 4.79 Å². The van der Waals surface area contributed by atoms with Crippen molar-refractivity contribution in [3.8, 4) is 0 Å². The van der Waals surface area contributed by atoms with Gasteiger partial charge in [0.05, 0.1) is 16.7 Å². The van der Waals surface area contributed by atoms with Crippen molar-refractivity contribution in [2.45, 2.75) is 40.2 Å².